The van der Waals surface area contributed by atoms with E-state index < -0.39 is 0 Å². The lowest BCUT2D eigenvalue weighted by atomic mass is 10.1. The Balaban J connectivity index is 2.50. The molecule has 3 N–H and O–H groups in total. The van der Waals surface area contributed by atoms with E-state index in [4.69, 9.17) is 12.3 Å². The van der Waals surface area contributed by atoms with Crippen LogP contribution >= 0.6 is 27.3 Å². The van der Waals surface area contributed by atoms with Crippen molar-refractivity contribution in [2.75, 3.05) is 0 Å². The fourth-order valence-corrected chi connectivity index (χ4v) is 2.75. The van der Waals surface area contributed by atoms with E-state index in [0.717, 1.165) is 23.0 Å². The Kier molecular flexibility index (Phi) is 5.20. The molecule has 0 fully saturated rings. The van der Waals surface area contributed by atoms with Crippen molar-refractivity contribution < 1.29 is 0 Å². The Morgan fingerprint density at radius 2 is 2.43 bits per heavy atom. The summed E-state index contributed by atoms with van der Waals surface area (Å²) < 4.78 is 1.13. The van der Waals surface area contributed by atoms with Gasteiger partial charge in [0, 0.05) is 11.3 Å². The van der Waals surface area contributed by atoms with Crippen molar-refractivity contribution in [1.82, 2.24) is 5.43 Å². The molecular formula is C10H13BrN2S. The van der Waals surface area contributed by atoms with Gasteiger partial charge in [-0.05, 0) is 40.9 Å². The highest BCUT2D eigenvalue weighted by atomic mass is 79.9. The molecule has 0 aromatic carbocycles. The van der Waals surface area contributed by atoms with Gasteiger partial charge in [-0.15, -0.1) is 23.7 Å². The van der Waals surface area contributed by atoms with Crippen LogP contribution < -0.4 is 11.3 Å². The quantitative estimate of drug-likeness (QED) is 0.375. The molecule has 0 spiro atoms. The summed E-state index contributed by atoms with van der Waals surface area (Å²) >= 11 is 5.13. The zero-order chi connectivity index (χ0) is 10.4. The smallest absolute Gasteiger partial charge is 0.0702 e. The van der Waals surface area contributed by atoms with Gasteiger partial charge in [0.15, 0.2) is 0 Å². The van der Waals surface area contributed by atoms with E-state index in [1.165, 1.54) is 4.88 Å². The van der Waals surface area contributed by atoms with Crippen molar-refractivity contribution >= 4 is 27.3 Å². The van der Waals surface area contributed by atoms with Gasteiger partial charge in [-0.1, -0.05) is 0 Å². The molecule has 76 valence electrons. The molecule has 4 heteroatoms. The monoisotopic (exact) mass is 272 g/mol. The molecule has 2 nitrogen and oxygen atoms in total. The van der Waals surface area contributed by atoms with Crippen LogP contribution in [0, 0.1) is 12.3 Å². The highest BCUT2D eigenvalue weighted by molar-refractivity contribution is 9.11. The second kappa shape index (κ2) is 6.20. The summed E-state index contributed by atoms with van der Waals surface area (Å²) in [5, 5.41) is 0. The summed E-state index contributed by atoms with van der Waals surface area (Å²) in [4.78, 5) is 1.25. The van der Waals surface area contributed by atoms with E-state index in [2.05, 4.69) is 33.3 Å². The number of halogens is 1. The topological polar surface area (TPSA) is 38.0 Å². The van der Waals surface area contributed by atoms with Gasteiger partial charge in [0.1, 0.15) is 0 Å². The minimum absolute atomic E-state index is 0.222. The molecule has 0 radical (unpaired) electrons. The van der Waals surface area contributed by atoms with Crippen LogP contribution in [-0.2, 0) is 0 Å². The summed E-state index contributed by atoms with van der Waals surface area (Å²) in [5.41, 5.74) is 2.81. The molecule has 0 saturated carbocycles. The number of hydrogen-bond donors (Lipinski definition) is 2. The fraction of sp³-hybridized carbons (Fsp3) is 0.400. The molecule has 14 heavy (non-hydrogen) atoms. The first kappa shape index (κ1) is 11.7. The van der Waals surface area contributed by atoms with E-state index in [9.17, 15) is 0 Å². The van der Waals surface area contributed by atoms with Gasteiger partial charge >= 0.3 is 0 Å². The predicted octanol–water partition coefficient (Wildman–Crippen LogP) is 2.82. The van der Waals surface area contributed by atoms with Gasteiger partial charge in [0.2, 0.25) is 0 Å². The fourth-order valence-electron chi connectivity index (χ4n) is 1.23. The van der Waals surface area contributed by atoms with Crippen molar-refractivity contribution in [3.05, 3.63) is 20.8 Å². The first-order valence-corrected chi connectivity index (χ1v) is 6.03. The molecule has 0 aliphatic rings. The highest BCUT2D eigenvalue weighted by Gasteiger charge is 2.10. The lowest BCUT2D eigenvalue weighted by Gasteiger charge is -2.12. The Morgan fingerprint density at radius 1 is 1.64 bits per heavy atom. The van der Waals surface area contributed by atoms with Crippen LogP contribution in [0.25, 0.3) is 0 Å². The van der Waals surface area contributed by atoms with Gasteiger partial charge in [0.25, 0.3) is 0 Å². The van der Waals surface area contributed by atoms with Crippen LogP contribution in [0.4, 0.5) is 0 Å². The molecule has 1 atom stereocenters. The molecule has 1 unspecified atom stereocenters. The molecule has 1 rings (SSSR count). The lowest BCUT2D eigenvalue weighted by Crippen LogP contribution is -2.27. The number of nitrogens with one attached hydrogen (secondary N) is 1. The highest BCUT2D eigenvalue weighted by Crippen LogP contribution is 2.29. The zero-order valence-electron chi connectivity index (χ0n) is 7.79. The molecule has 0 saturated heterocycles. The molecule has 1 aromatic heterocycles. The zero-order valence-corrected chi connectivity index (χ0v) is 10.2. The first-order valence-electron chi connectivity index (χ1n) is 4.42. The maximum absolute atomic E-state index is 5.49. The Bertz CT molecular complexity index is 316. The van der Waals surface area contributed by atoms with E-state index in [1.54, 1.807) is 11.3 Å². The lowest BCUT2D eigenvalue weighted by molar-refractivity contribution is 0.509. The summed E-state index contributed by atoms with van der Waals surface area (Å²) in [6, 6.07) is 4.33. The third-order valence-corrected chi connectivity index (χ3v) is 3.69. The van der Waals surface area contributed by atoms with Crippen molar-refractivity contribution in [3.63, 3.8) is 0 Å². The molecule has 0 bridgehead atoms. The van der Waals surface area contributed by atoms with E-state index >= 15 is 0 Å². The molecular weight excluding hydrogens is 260 g/mol. The number of rotatable bonds is 5. The van der Waals surface area contributed by atoms with E-state index in [-0.39, 0.29) is 6.04 Å². The molecule has 1 aromatic rings. The number of nitrogens with two attached hydrogens (primary N) is 1. The van der Waals surface area contributed by atoms with Crippen LogP contribution in [-0.4, -0.2) is 0 Å². The summed E-state index contributed by atoms with van der Waals surface area (Å²) in [6.45, 7) is 0. The second-order valence-corrected chi connectivity index (χ2v) is 5.45. The van der Waals surface area contributed by atoms with Gasteiger partial charge in [-0.3, -0.25) is 11.3 Å². The number of unbranched alkanes of at least 4 members (excludes halogenated alkanes) is 1. The Labute approximate surface area is 97.0 Å². The number of terminal acetylenes is 1. The van der Waals surface area contributed by atoms with Crippen LogP contribution in [0.1, 0.15) is 30.2 Å². The average Bonchev–Trinajstić information content (AvgIpc) is 2.60. The third kappa shape index (κ3) is 3.43. The Hall–Kier alpha value is -0.340. The number of hydrogen-bond acceptors (Lipinski definition) is 3. The standard InChI is InChI=1S/C10H13BrN2S/c1-2-3-4-5-8(13-12)9-6-7-10(11)14-9/h1,6-8,13H,3-5,12H2. The van der Waals surface area contributed by atoms with Crippen LogP contribution in [0.5, 0.6) is 0 Å². The summed E-state index contributed by atoms with van der Waals surface area (Å²) in [6.07, 6.45) is 7.98. The minimum atomic E-state index is 0.222. The molecule has 0 amide bonds. The largest absolute Gasteiger partial charge is 0.271 e. The summed E-state index contributed by atoms with van der Waals surface area (Å²) in [5.74, 6) is 8.12. The van der Waals surface area contributed by atoms with Crippen molar-refractivity contribution in [2.24, 2.45) is 5.84 Å². The van der Waals surface area contributed by atoms with Crippen molar-refractivity contribution in [2.45, 2.75) is 25.3 Å². The van der Waals surface area contributed by atoms with Gasteiger partial charge in [-0.25, -0.2) is 0 Å². The van der Waals surface area contributed by atoms with E-state index in [0.29, 0.717) is 0 Å². The minimum Gasteiger partial charge on any atom is -0.271 e. The van der Waals surface area contributed by atoms with Gasteiger partial charge in [-0.2, -0.15) is 0 Å². The predicted molar refractivity (Wildman–Crippen MR) is 64.8 cm³/mol. The first-order chi connectivity index (χ1) is 6.77. The SMILES string of the molecule is C#CCCCC(NN)c1ccc(Br)s1. The maximum atomic E-state index is 5.49. The third-order valence-electron chi connectivity index (χ3n) is 1.95. The number of hydrazine groups is 1. The van der Waals surface area contributed by atoms with Crippen LogP contribution in [0.2, 0.25) is 0 Å². The maximum Gasteiger partial charge on any atom is 0.0702 e. The Morgan fingerprint density at radius 3 is 2.93 bits per heavy atom. The van der Waals surface area contributed by atoms with Gasteiger partial charge < -0.3 is 0 Å². The second-order valence-electron chi connectivity index (χ2n) is 2.96. The van der Waals surface area contributed by atoms with E-state index in [1.807, 2.05) is 6.07 Å². The van der Waals surface area contributed by atoms with Crippen LogP contribution in [0.15, 0.2) is 15.9 Å². The normalized spacial score (nSPS) is 12.4. The van der Waals surface area contributed by atoms with Crippen LogP contribution in [0.3, 0.4) is 0 Å². The van der Waals surface area contributed by atoms with Gasteiger partial charge in [0.05, 0.1) is 9.83 Å². The number of thiophene rings is 1. The average molecular weight is 273 g/mol. The summed E-state index contributed by atoms with van der Waals surface area (Å²) in [7, 11) is 0. The molecule has 0 aliphatic heterocycles. The molecule has 0 aliphatic carbocycles. The van der Waals surface area contributed by atoms with Crippen molar-refractivity contribution in [3.8, 4) is 12.3 Å². The van der Waals surface area contributed by atoms with Crippen molar-refractivity contribution in [1.29, 1.82) is 0 Å². The molecule has 1 heterocycles.